The molecule has 0 N–H and O–H groups in total. The second kappa shape index (κ2) is 6.64. The van der Waals surface area contributed by atoms with Crippen molar-refractivity contribution in [2.75, 3.05) is 20.1 Å². The number of hydrogen-bond acceptors (Lipinski definition) is 1. The topological polar surface area (TPSA) is 3.24 Å². The third-order valence-corrected chi connectivity index (χ3v) is 4.69. The van der Waals surface area contributed by atoms with E-state index in [1.54, 1.807) is 0 Å². The summed E-state index contributed by atoms with van der Waals surface area (Å²) in [5.41, 5.74) is 0.631. The third kappa shape index (κ3) is 3.76. The summed E-state index contributed by atoms with van der Waals surface area (Å²) >= 11 is 0. The molecular weight excluding hydrogens is 194 g/mol. The van der Waals surface area contributed by atoms with Crippen molar-refractivity contribution in [2.45, 2.75) is 65.7 Å². The predicted octanol–water partition coefficient (Wildman–Crippen LogP) is 4.32. The van der Waals surface area contributed by atoms with E-state index < -0.39 is 0 Å². The fourth-order valence-corrected chi connectivity index (χ4v) is 3.54. The monoisotopic (exact) mass is 225 g/mol. The van der Waals surface area contributed by atoms with Crippen molar-refractivity contribution in [3.8, 4) is 0 Å². The maximum absolute atomic E-state index is 2.56. The first kappa shape index (κ1) is 14.0. The van der Waals surface area contributed by atoms with Crippen LogP contribution in [0.1, 0.15) is 65.7 Å². The second-order valence-corrected chi connectivity index (χ2v) is 6.06. The van der Waals surface area contributed by atoms with Crippen LogP contribution in [0.4, 0.5) is 0 Å². The Balaban J connectivity index is 2.58. The summed E-state index contributed by atoms with van der Waals surface area (Å²) in [7, 11) is 2.27. The highest BCUT2D eigenvalue weighted by atomic mass is 15.1. The highest BCUT2D eigenvalue weighted by Gasteiger charge is 2.32. The zero-order valence-electron chi connectivity index (χ0n) is 11.9. The average molecular weight is 225 g/mol. The van der Waals surface area contributed by atoms with E-state index in [1.807, 2.05) is 0 Å². The Kier molecular flexibility index (Phi) is 5.82. The van der Waals surface area contributed by atoms with E-state index in [0.29, 0.717) is 5.41 Å². The minimum Gasteiger partial charge on any atom is -0.306 e. The van der Waals surface area contributed by atoms with E-state index in [4.69, 9.17) is 0 Å². The van der Waals surface area contributed by atoms with Crippen LogP contribution in [0.15, 0.2) is 0 Å². The van der Waals surface area contributed by atoms with Crippen molar-refractivity contribution < 1.29 is 0 Å². The van der Waals surface area contributed by atoms with Crippen LogP contribution < -0.4 is 0 Å². The van der Waals surface area contributed by atoms with Gasteiger partial charge in [-0.2, -0.15) is 0 Å². The maximum Gasteiger partial charge on any atom is -0.00216 e. The molecule has 0 bridgehead atoms. The molecule has 1 saturated heterocycles. The molecular formula is C15H31N. The molecule has 16 heavy (non-hydrogen) atoms. The summed E-state index contributed by atoms with van der Waals surface area (Å²) in [6.07, 6.45) is 9.84. The molecule has 1 fully saturated rings. The molecule has 1 heterocycles. The molecule has 0 amide bonds. The van der Waals surface area contributed by atoms with Gasteiger partial charge in [-0.15, -0.1) is 0 Å². The Morgan fingerprint density at radius 1 is 1.12 bits per heavy atom. The molecule has 0 aromatic carbocycles. The molecule has 0 radical (unpaired) electrons. The Bertz CT molecular complexity index is 178. The van der Waals surface area contributed by atoms with Gasteiger partial charge >= 0.3 is 0 Å². The van der Waals surface area contributed by atoms with Gasteiger partial charge in [-0.3, -0.25) is 0 Å². The average Bonchev–Trinajstić information content (AvgIpc) is 2.23. The number of likely N-dealkylation sites (tertiary alicyclic amines) is 1. The van der Waals surface area contributed by atoms with Crippen LogP contribution in [0.3, 0.4) is 0 Å². The number of nitrogens with zero attached hydrogens (tertiary/aromatic N) is 1. The Morgan fingerprint density at radius 3 is 2.12 bits per heavy atom. The van der Waals surface area contributed by atoms with Crippen LogP contribution in [-0.2, 0) is 0 Å². The number of hydrogen-bond donors (Lipinski definition) is 0. The lowest BCUT2D eigenvalue weighted by molar-refractivity contribution is 0.105. The Hall–Kier alpha value is -0.0400. The van der Waals surface area contributed by atoms with E-state index >= 15 is 0 Å². The maximum atomic E-state index is 2.56. The summed E-state index contributed by atoms with van der Waals surface area (Å²) < 4.78 is 0. The summed E-state index contributed by atoms with van der Waals surface area (Å²) in [6, 6.07) is 0. The molecule has 96 valence electrons. The van der Waals surface area contributed by atoms with Gasteiger partial charge in [0.25, 0.3) is 0 Å². The van der Waals surface area contributed by atoms with E-state index in [1.165, 1.54) is 58.0 Å². The fourth-order valence-electron chi connectivity index (χ4n) is 3.54. The molecule has 0 aliphatic carbocycles. The fraction of sp³-hybridized carbons (Fsp3) is 1.00. The summed E-state index contributed by atoms with van der Waals surface area (Å²) in [6.45, 7) is 9.89. The molecule has 1 aliphatic heterocycles. The molecule has 1 atom stereocenters. The summed E-state index contributed by atoms with van der Waals surface area (Å²) in [5.74, 6) is 0.959. The molecule has 0 saturated carbocycles. The highest BCUT2D eigenvalue weighted by molar-refractivity contribution is 4.83. The molecule has 1 heteroatoms. The van der Waals surface area contributed by atoms with Crippen LogP contribution in [0.2, 0.25) is 0 Å². The molecule has 0 aromatic rings. The molecule has 1 aliphatic rings. The van der Waals surface area contributed by atoms with E-state index in [9.17, 15) is 0 Å². The lowest BCUT2D eigenvalue weighted by Gasteiger charge is -2.40. The zero-order chi connectivity index (χ0) is 12.0. The van der Waals surface area contributed by atoms with Gasteiger partial charge in [0.2, 0.25) is 0 Å². The quantitative estimate of drug-likeness (QED) is 0.688. The first-order chi connectivity index (χ1) is 7.62. The van der Waals surface area contributed by atoms with Crippen molar-refractivity contribution in [1.29, 1.82) is 0 Å². The van der Waals surface area contributed by atoms with Crippen molar-refractivity contribution >= 4 is 0 Å². The second-order valence-electron chi connectivity index (χ2n) is 6.06. The summed E-state index contributed by atoms with van der Waals surface area (Å²) in [5, 5.41) is 0. The van der Waals surface area contributed by atoms with Crippen LogP contribution in [0, 0.1) is 11.3 Å². The predicted molar refractivity (Wildman–Crippen MR) is 72.8 cm³/mol. The van der Waals surface area contributed by atoms with Gasteiger partial charge in [0.1, 0.15) is 0 Å². The van der Waals surface area contributed by atoms with E-state index in [-0.39, 0.29) is 0 Å². The van der Waals surface area contributed by atoms with Gasteiger partial charge in [0.15, 0.2) is 0 Å². The van der Waals surface area contributed by atoms with Gasteiger partial charge in [-0.1, -0.05) is 40.0 Å². The van der Waals surface area contributed by atoms with Gasteiger partial charge in [-0.05, 0) is 57.2 Å². The standard InChI is InChI=1S/C15H31N/c1-5-9-14(6-2)15(3)10-7-12-16(4)13-8-11-15/h14H,5-13H2,1-4H3. The molecule has 1 nitrogen and oxygen atoms in total. The lowest BCUT2D eigenvalue weighted by atomic mass is 9.67. The van der Waals surface area contributed by atoms with Crippen LogP contribution in [0.25, 0.3) is 0 Å². The Labute approximate surface area is 103 Å². The largest absolute Gasteiger partial charge is 0.306 e. The van der Waals surface area contributed by atoms with E-state index in [0.717, 1.165) is 5.92 Å². The summed E-state index contributed by atoms with van der Waals surface area (Å²) in [4.78, 5) is 2.50. The Morgan fingerprint density at radius 2 is 1.69 bits per heavy atom. The first-order valence-corrected chi connectivity index (χ1v) is 7.31. The normalized spacial score (nSPS) is 24.8. The molecule has 1 unspecified atom stereocenters. The minimum atomic E-state index is 0.631. The van der Waals surface area contributed by atoms with Gasteiger partial charge in [0.05, 0.1) is 0 Å². The molecule has 0 aromatic heterocycles. The van der Waals surface area contributed by atoms with Crippen LogP contribution >= 0.6 is 0 Å². The van der Waals surface area contributed by atoms with Gasteiger partial charge in [0, 0.05) is 0 Å². The van der Waals surface area contributed by atoms with Crippen molar-refractivity contribution in [1.82, 2.24) is 4.90 Å². The van der Waals surface area contributed by atoms with Crippen LogP contribution in [-0.4, -0.2) is 25.0 Å². The molecule has 1 rings (SSSR count). The first-order valence-electron chi connectivity index (χ1n) is 7.31. The van der Waals surface area contributed by atoms with Gasteiger partial charge < -0.3 is 4.90 Å². The van der Waals surface area contributed by atoms with Crippen molar-refractivity contribution in [3.05, 3.63) is 0 Å². The zero-order valence-corrected chi connectivity index (χ0v) is 11.9. The SMILES string of the molecule is CCCC(CC)C1(C)CCCN(C)CCC1. The van der Waals surface area contributed by atoms with Crippen LogP contribution in [0.5, 0.6) is 0 Å². The minimum absolute atomic E-state index is 0.631. The van der Waals surface area contributed by atoms with Gasteiger partial charge in [-0.25, -0.2) is 0 Å². The third-order valence-electron chi connectivity index (χ3n) is 4.69. The highest BCUT2D eigenvalue weighted by Crippen LogP contribution is 2.42. The lowest BCUT2D eigenvalue weighted by Crippen LogP contribution is -2.33. The molecule has 0 spiro atoms. The van der Waals surface area contributed by atoms with Crippen molar-refractivity contribution in [2.24, 2.45) is 11.3 Å². The number of rotatable bonds is 4. The smallest absolute Gasteiger partial charge is 0.00216 e. The van der Waals surface area contributed by atoms with E-state index in [2.05, 4.69) is 32.7 Å². The van der Waals surface area contributed by atoms with Crippen molar-refractivity contribution in [3.63, 3.8) is 0 Å².